The number of carbonyl (C=O) groups excluding carboxylic acids is 2. The lowest BCUT2D eigenvalue weighted by molar-refractivity contribution is -0.143. The molecule has 0 aliphatic carbocycles. The average Bonchev–Trinajstić information content (AvgIpc) is 2.37. The SMILES string of the molecule is CCOC(=O)CCc1ncc(C(=O)OCC)c(=O)[nH]1. The minimum atomic E-state index is -0.715. The van der Waals surface area contributed by atoms with Crippen LogP contribution in [0.2, 0.25) is 0 Å². The first-order chi connectivity index (χ1) is 9.08. The molecule has 0 radical (unpaired) electrons. The van der Waals surface area contributed by atoms with Crippen molar-refractivity contribution >= 4 is 11.9 Å². The van der Waals surface area contributed by atoms with E-state index in [0.29, 0.717) is 12.4 Å². The van der Waals surface area contributed by atoms with Gasteiger partial charge in [-0.25, -0.2) is 9.78 Å². The number of hydrogen-bond acceptors (Lipinski definition) is 6. The highest BCUT2D eigenvalue weighted by Crippen LogP contribution is 1.98. The topological polar surface area (TPSA) is 98.3 Å². The molecule has 0 atom stereocenters. The fourth-order valence-corrected chi connectivity index (χ4v) is 1.37. The van der Waals surface area contributed by atoms with Gasteiger partial charge in [-0.05, 0) is 13.8 Å². The maximum Gasteiger partial charge on any atom is 0.345 e. The first kappa shape index (κ1) is 14.9. The molecule has 1 aromatic rings. The molecule has 0 aromatic carbocycles. The van der Waals surface area contributed by atoms with E-state index in [0.717, 1.165) is 6.20 Å². The first-order valence-corrected chi connectivity index (χ1v) is 5.99. The van der Waals surface area contributed by atoms with Crippen LogP contribution in [0.3, 0.4) is 0 Å². The van der Waals surface area contributed by atoms with E-state index >= 15 is 0 Å². The van der Waals surface area contributed by atoms with Crippen LogP contribution >= 0.6 is 0 Å². The smallest absolute Gasteiger partial charge is 0.345 e. The van der Waals surface area contributed by atoms with Crippen molar-refractivity contribution < 1.29 is 19.1 Å². The maximum absolute atomic E-state index is 11.6. The number of H-pyrrole nitrogens is 1. The molecule has 7 nitrogen and oxygen atoms in total. The number of rotatable bonds is 6. The van der Waals surface area contributed by atoms with Crippen LogP contribution in [-0.2, 0) is 20.7 Å². The fraction of sp³-hybridized carbons (Fsp3) is 0.500. The summed E-state index contributed by atoms with van der Waals surface area (Å²) in [6, 6.07) is 0. The Labute approximate surface area is 110 Å². The lowest BCUT2D eigenvalue weighted by Crippen LogP contribution is -2.22. The Morgan fingerprint density at radius 1 is 1.26 bits per heavy atom. The summed E-state index contributed by atoms with van der Waals surface area (Å²) >= 11 is 0. The minimum Gasteiger partial charge on any atom is -0.466 e. The van der Waals surface area contributed by atoms with Crippen molar-refractivity contribution in [2.75, 3.05) is 13.2 Å². The highest BCUT2D eigenvalue weighted by atomic mass is 16.5. The third kappa shape index (κ3) is 4.53. The van der Waals surface area contributed by atoms with Crippen LogP contribution < -0.4 is 5.56 Å². The molecule has 0 saturated heterocycles. The summed E-state index contributed by atoms with van der Waals surface area (Å²) in [5.74, 6) is -0.751. The van der Waals surface area contributed by atoms with Crippen molar-refractivity contribution in [3.8, 4) is 0 Å². The molecule has 19 heavy (non-hydrogen) atoms. The zero-order chi connectivity index (χ0) is 14.3. The Balaban J connectivity index is 2.69. The summed E-state index contributed by atoms with van der Waals surface area (Å²) in [6.07, 6.45) is 1.52. The average molecular weight is 268 g/mol. The molecule has 104 valence electrons. The van der Waals surface area contributed by atoms with E-state index in [-0.39, 0.29) is 31.0 Å². The second-order valence-electron chi connectivity index (χ2n) is 3.60. The van der Waals surface area contributed by atoms with Gasteiger partial charge in [0.25, 0.3) is 5.56 Å². The lowest BCUT2D eigenvalue weighted by atomic mass is 10.3. The van der Waals surface area contributed by atoms with Crippen molar-refractivity contribution in [1.29, 1.82) is 0 Å². The second kappa shape index (κ2) is 7.30. The predicted octanol–water partition coefficient (Wildman–Crippen LogP) is 0.442. The number of ether oxygens (including phenoxy) is 2. The summed E-state index contributed by atoms with van der Waals surface area (Å²) in [5, 5.41) is 0. The quantitative estimate of drug-likeness (QED) is 0.752. The van der Waals surface area contributed by atoms with Gasteiger partial charge < -0.3 is 14.5 Å². The molecular formula is C12H16N2O5. The minimum absolute atomic E-state index is 0.121. The van der Waals surface area contributed by atoms with Gasteiger partial charge in [-0.3, -0.25) is 9.59 Å². The molecule has 0 spiro atoms. The molecule has 0 unspecified atom stereocenters. The molecule has 1 heterocycles. The second-order valence-corrected chi connectivity index (χ2v) is 3.60. The Bertz CT molecular complexity index is 509. The molecule has 0 saturated carbocycles. The molecule has 0 fully saturated rings. The maximum atomic E-state index is 11.6. The number of aromatic amines is 1. The van der Waals surface area contributed by atoms with Crippen LogP contribution in [0.1, 0.15) is 36.5 Å². The van der Waals surface area contributed by atoms with E-state index in [1.807, 2.05) is 0 Å². The van der Waals surface area contributed by atoms with E-state index in [2.05, 4.69) is 9.97 Å². The highest BCUT2D eigenvalue weighted by Gasteiger charge is 2.13. The number of nitrogens with one attached hydrogen (secondary N) is 1. The van der Waals surface area contributed by atoms with Crippen LogP contribution in [0, 0.1) is 0 Å². The van der Waals surface area contributed by atoms with Gasteiger partial charge in [0, 0.05) is 12.6 Å². The molecule has 1 N–H and O–H groups in total. The lowest BCUT2D eigenvalue weighted by Gasteiger charge is -2.03. The van der Waals surface area contributed by atoms with E-state index < -0.39 is 11.5 Å². The van der Waals surface area contributed by atoms with Crippen LogP contribution in [0.25, 0.3) is 0 Å². The number of esters is 2. The number of carbonyl (C=O) groups is 2. The summed E-state index contributed by atoms with van der Waals surface area (Å²) in [4.78, 5) is 40.5. The van der Waals surface area contributed by atoms with Crippen molar-refractivity contribution in [3.63, 3.8) is 0 Å². The molecule has 0 aliphatic rings. The fourth-order valence-electron chi connectivity index (χ4n) is 1.37. The number of nitrogens with zero attached hydrogens (tertiary/aromatic N) is 1. The van der Waals surface area contributed by atoms with Crippen LogP contribution in [-0.4, -0.2) is 35.1 Å². The molecular weight excluding hydrogens is 252 g/mol. The molecule has 0 bridgehead atoms. The van der Waals surface area contributed by atoms with E-state index in [1.54, 1.807) is 13.8 Å². The highest BCUT2D eigenvalue weighted by molar-refractivity contribution is 5.88. The van der Waals surface area contributed by atoms with Crippen LogP contribution in [0.5, 0.6) is 0 Å². The monoisotopic (exact) mass is 268 g/mol. The van der Waals surface area contributed by atoms with Gasteiger partial charge in [-0.1, -0.05) is 0 Å². The van der Waals surface area contributed by atoms with Gasteiger partial charge in [0.2, 0.25) is 0 Å². The third-order valence-corrected chi connectivity index (χ3v) is 2.22. The van der Waals surface area contributed by atoms with Gasteiger partial charge in [0.15, 0.2) is 0 Å². The van der Waals surface area contributed by atoms with Gasteiger partial charge in [0.05, 0.1) is 19.6 Å². The Kier molecular flexibility index (Phi) is 5.72. The standard InChI is InChI=1S/C12H16N2O5/c1-3-18-10(15)6-5-9-13-7-8(11(16)14-9)12(17)19-4-2/h7H,3-6H2,1-2H3,(H,13,14,16). The van der Waals surface area contributed by atoms with E-state index in [9.17, 15) is 14.4 Å². The largest absolute Gasteiger partial charge is 0.466 e. The van der Waals surface area contributed by atoms with Crippen molar-refractivity contribution in [3.05, 3.63) is 27.9 Å². The summed E-state index contributed by atoms with van der Waals surface area (Å²) < 4.78 is 9.46. The zero-order valence-electron chi connectivity index (χ0n) is 10.9. The Hall–Kier alpha value is -2.18. The van der Waals surface area contributed by atoms with Crippen molar-refractivity contribution in [2.45, 2.75) is 26.7 Å². The summed E-state index contributed by atoms with van der Waals surface area (Å²) in [7, 11) is 0. The third-order valence-electron chi connectivity index (χ3n) is 2.22. The summed E-state index contributed by atoms with van der Waals surface area (Å²) in [5.41, 5.74) is -0.728. The van der Waals surface area contributed by atoms with Gasteiger partial charge >= 0.3 is 11.9 Å². The Morgan fingerprint density at radius 3 is 2.53 bits per heavy atom. The molecule has 1 rings (SSSR count). The van der Waals surface area contributed by atoms with Crippen molar-refractivity contribution in [2.24, 2.45) is 0 Å². The molecule has 0 amide bonds. The predicted molar refractivity (Wildman–Crippen MR) is 65.8 cm³/mol. The van der Waals surface area contributed by atoms with Gasteiger partial charge in [-0.15, -0.1) is 0 Å². The number of aryl methyl sites for hydroxylation is 1. The van der Waals surface area contributed by atoms with E-state index in [1.165, 1.54) is 0 Å². The molecule has 0 aliphatic heterocycles. The number of aromatic nitrogens is 2. The molecule has 7 heteroatoms. The summed E-state index contributed by atoms with van der Waals surface area (Å²) in [6.45, 7) is 3.85. The normalized spacial score (nSPS) is 10.0. The first-order valence-electron chi connectivity index (χ1n) is 5.99. The van der Waals surface area contributed by atoms with E-state index in [4.69, 9.17) is 9.47 Å². The number of hydrogen-bond donors (Lipinski definition) is 1. The van der Waals surface area contributed by atoms with Crippen LogP contribution in [0.4, 0.5) is 0 Å². The zero-order valence-corrected chi connectivity index (χ0v) is 10.9. The van der Waals surface area contributed by atoms with Gasteiger partial charge in [-0.2, -0.15) is 0 Å². The van der Waals surface area contributed by atoms with Gasteiger partial charge in [0.1, 0.15) is 11.4 Å². The van der Waals surface area contributed by atoms with Crippen LogP contribution in [0.15, 0.2) is 11.0 Å². The van der Waals surface area contributed by atoms with Crippen molar-refractivity contribution in [1.82, 2.24) is 9.97 Å². The Morgan fingerprint density at radius 2 is 1.95 bits per heavy atom. The molecule has 1 aromatic heterocycles.